The van der Waals surface area contributed by atoms with Crippen molar-refractivity contribution in [3.8, 4) is 0 Å². The van der Waals surface area contributed by atoms with E-state index in [-0.39, 0.29) is 0 Å². The van der Waals surface area contributed by atoms with Gasteiger partial charge in [-0.25, -0.2) is 0 Å². The Bertz CT molecular complexity index is 950. The average molecular weight is 387 g/mol. The van der Waals surface area contributed by atoms with Gasteiger partial charge in [-0.15, -0.1) is 0 Å². The van der Waals surface area contributed by atoms with E-state index in [9.17, 15) is 0 Å². The summed E-state index contributed by atoms with van der Waals surface area (Å²) in [5.41, 5.74) is 1.18. The van der Waals surface area contributed by atoms with Crippen LogP contribution >= 0.6 is 18.5 Å². The van der Waals surface area contributed by atoms with Crippen molar-refractivity contribution in [3.05, 3.63) is 126 Å². The van der Waals surface area contributed by atoms with Crippen molar-refractivity contribution < 1.29 is 0 Å². The normalized spacial score (nSPS) is 11.1. The SMILES string of the molecule is Clc1ccc(C=P(c2ccccc2)(c2ccccc2)c2ccccc2)cc1. The Balaban J connectivity index is 2.11. The van der Waals surface area contributed by atoms with E-state index in [2.05, 4.69) is 109 Å². The van der Waals surface area contributed by atoms with Crippen LogP contribution in [0.5, 0.6) is 0 Å². The monoisotopic (exact) mass is 386 g/mol. The van der Waals surface area contributed by atoms with Crippen LogP contribution in [0, 0.1) is 0 Å². The summed E-state index contributed by atoms with van der Waals surface area (Å²) in [6.45, 7) is -1.96. The van der Waals surface area contributed by atoms with Gasteiger partial charge in [-0.05, 0) is 46.3 Å². The molecule has 0 unspecified atom stereocenters. The number of benzene rings is 4. The lowest BCUT2D eigenvalue weighted by atomic mass is 10.2. The third kappa shape index (κ3) is 3.65. The van der Waals surface area contributed by atoms with Crippen LogP contribution in [-0.4, -0.2) is 5.80 Å². The maximum atomic E-state index is 6.13. The lowest BCUT2D eigenvalue weighted by molar-refractivity contribution is 1.68. The summed E-state index contributed by atoms with van der Waals surface area (Å²) in [4.78, 5) is 0. The van der Waals surface area contributed by atoms with Crippen LogP contribution in [0.3, 0.4) is 0 Å². The lowest BCUT2D eigenvalue weighted by Crippen LogP contribution is -2.27. The van der Waals surface area contributed by atoms with Crippen molar-refractivity contribution in [2.75, 3.05) is 0 Å². The molecule has 0 atom stereocenters. The molecule has 4 aromatic rings. The van der Waals surface area contributed by atoms with Crippen LogP contribution in [0.4, 0.5) is 0 Å². The van der Waals surface area contributed by atoms with E-state index in [0.717, 1.165) is 5.02 Å². The zero-order chi connectivity index (χ0) is 18.5. The molecule has 0 spiro atoms. The molecule has 0 saturated carbocycles. The summed E-state index contributed by atoms with van der Waals surface area (Å²) < 4.78 is 0. The molecule has 4 aromatic carbocycles. The summed E-state index contributed by atoms with van der Waals surface area (Å²) in [5, 5.41) is 4.79. The van der Waals surface area contributed by atoms with Crippen molar-refractivity contribution in [2.24, 2.45) is 0 Å². The highest BCUT2D eigenvalue weighted by Crippen LogP contribution is 2.44. The molecule has 0 amide bonds. The number of hydrogen-bond acceptors (Lipinski definition) is 0. The second kappa shape index (κ2) is 8.01. The second-order valence-corrected chi connectivity index (χ2v) is 10.1. The minimum atomic E-state index is -1.96. The molecule has 4 rings (SSSR count). The molecule has 0 aliphatic heterocycles. The standard InChI is InChI=1S/C25H20ClP/c26-22-18-16-21(17-19-22)20-27(23-10-4-1-5-11-23,24-12-6-2-7-13-24)25-14-8-3-9-15-25/h1-20H. The van der Waals surface area contributed by atoms with E-state index < -0.39 is 6.89 Å². The Morgan fingerprint density at radius 1 is 0.481 bits per heavy atom. The Kier molecular flexibility index (Phi) is 5.30. The summed E-state index contributed by atoms with van der Waals surface area (Å²) in [6.07, 6.45) is 0. The molecule has 0 nitrogen and oxygen atoms in total. The minimum absolute atomic E-state index is 0.759. The highest BCUT2D eigenvalue weighted by atomic mass is 35.5. The Hall–Kier alpha value is -2.53. The van der Waals surface area contributed by atoms with E-state index in [1.807, 2.05) is 12.1 Å². The quantitative estimate of drug-likeness (QED) is 0.407. The Labute approximate surface area is 166 Å². The van der Waals surface area contributed by atoms with Crippen LogP contribution in [0.2, 0.25) is 5.02 Å². The van der Waals surface area contributed by atoms with Gasteiger partial charge in [-0.2, -0.15) is 0 Å². The van der Waals surface area contributed by atoms with Crippen LogP contribution in [-0.2, 0) is 0 Å². The van der Waals surface area contributed by atoms with Gasteiger partial charge in [-0.1, -0.05) is 115 Å². The van der Waals surface area contributed by atoms with Gasteiger partial charge in [0.05, 0.1) is 0 Å². The van der Waals surface area contributed by atoms with E-state index in [4.69, 9.17) is 11.6 Å². The molecule has 0 aromatic heterocycles. The molecular formula is C25H20ClP. The molecule has 0 aliphatic carbocycles. The van der Waals surface area contributed by atoms with Crippen LogP contribution < -0.4 is 15.9 Å². The molecule has 0 heterocycles. The molecule has 0 fully saturated rings. The van der Waals surface area contributed by atoms with Gasteiger partial charge in [-0.3, -0.25) is 0 Å². The third-order valence-electron chi connectivity index (χ3n) is 4.70. The molecular weight excluding hydrogens is 367 g/mol. The van der Waals surface area contributed by atoms with Crippen molar-refractivity contribution in [1.82, 2.24) is 0 Å². The van der Waals surface area contributed by atoms with Crippen LogP contribution in [0.15, 0.2) is 115 Å². The highest BCUT2D eigenvalue weighted by Gasteiger charge is 2.24. The number of hydrogen-bond donors (Lipinski definition) is 0. The van der Waals surface area contributed by atoms with E-state index >= 15 is 0 Å². The van der Waals surface area contributed by atoms with Gasteiger partial charge in [0, 0.05) is 5.02 Å². The first-order chi connectivity index (χ1) is 13.3. The number of rotatable bonds is 4. The van der Waals surface area contributed by atoms with Crippen LogP contribution in [0.1, 0.15) is 5.56 Å². The molecule has 0 radical (unpaired) electrons. The van der Waals surface area contributed by atoms with Crippen molar-refractivity contribution in [3.63, 3.8) is 0 Å². The Morgan fingerprint density at radius 2 is 0.852 bits per heavy atom. The fourth-order valence-corrected chi connectivity index (χ4v) is 7.45. The highest BCUT2D eigenvalue weighted by molar-refractivity contribution is 7.94. The van der Waals surface area contributed by atoms with Gasteiger partial charge in [0.1, 0.15) is 0 Å². The van der Waals surface area contributed by atoms with E-state index in [1.165, 1.54) is 21.5 Å². The van der Waals surface area contributed by atoms with Crippen molar-refractivity contribution in [1.29, 1.82) is 0 Å². The predicted octanol–water partition coefficient (Wildman–Crippen LogP) is 5.48. The van der Waals surface area contributed by atoms with Crippen LogP contribution in [0.25, 0.3) is 0 Å². The maximum absolute atomic E-state index is 6.13. The van der Waals surface area contributed by atoms with Gasteiger partial charge in [0.25, 0.3) is 0 Å². The van der Waals surface area contributed by atoms with Crippen molar-refractivity contribution in [2.45, 2.75) is 0 Å². The summed E-state index contributed by atoms with van der Waals surface area (Å²) >= 11 is 6.13. The minimum Gasteiger partial charge on any atom is -0.0843 e. The zero-order valence-corrected chi connectivity index (χ0v) is 16.5. The molecule has 0 aliphatic rings. The Morgan fingerprint density at radius 3 is 1.22 bits per heavy atom. The largest absolute Gasteiger partial charge is 0.0843 e. The van der Waals surface area contributed by atoms with Gasteiger partial charge < -0.3 is 0 Å². The van der Waals surface area contributed by atoms with Gasteiger partial charge in [0.2, 0.25) is 0 Å². The molecule has 2 heteroatoms. The first kappa shape index (κ1) is 17.9. The van der Waals surface area contributed by atoms with Crippen molar-refractivity contribution >= 4 is 40.2 Å². The molecule has 27 heavy (non-hydrogen) atoms. The first-order valence-electron chi connectivity index (χ1n) is 8.96. The third-order valence-corrected chi connectivity index (χ3v) is 8.98. The second-order valence-electron chi connectivity index (χ2n) is 6.41. The number of halogens is 1. The average Bonchev–Trinajstić information content (AvgIpc) is 2.75. The molecule has 0 N–H and O–H groups in total. The van der Waals surface area contributed by atoms with Gasteiger partial charge in [0.15, 0.2) is 0 Å². The molecule has 132 valence electrons. The topological polar surface area (TPSA) is 0 Å². The lowest BCUT2D eigenvalue weighted by Gasteiger charge is -2.29. The summed E-state index contributed by atoms with van der Waals surface area (Å²) in [7, 11) is 0. The summed E-state index contributed by atoms with van der Waals surface area (Å²) in [6, 6.07) is 40.7. The van der Waals surface area contributed by atoms with Gasteiger partial charge >= 0.3 is 0 Å². The summed E-state index contributed by atoms with van der Waals surface area (Å²) in [5.74, 6) is 2.45. The van der Waals surface area contributed by atoms with E-state index in [0.29, 0.717) is 0 Å². The van der Waals surface area contributed by atoms with E-state index in [1.54, 1.807) is 0 Å². The fraction of sp³-hybridized carbons (Fsp3) is 0. The molecule has 0 saturated heterocycles. The fourth-order valence-electron chi connectivity index (χ4n) is 3.43. The molecule has 0 bridgehead atoms. The predicted molar refractivity (Wildman–Crippen MR) is 122 cm³/mol. The zero-order valence-electron chi connectivity index (χ0n) is 14.9. The maximum Gasteiger partial charge on any atom is 0.0406 e. The first-order valence-corrected chi connectivity index (χ1v) is 11.2. The smallest absolute Gasteiger partial charge is 0.0406 e.